The van der Waals surface area contributed by atoms with Crippen molar-refractivity contribution in [1.82, 2.24) is 5.32 Å². The number of ether oxygens (including phenoxy) is 1. The molecule has 5 nitrogen and oxygen atoms in total. The fourth-order valence-corrected chi connectivity index (χ4v) is 1.16. The van der Waals surface area contributed by atoms with E-state index in [0.717, 1.165) is 0 Å². The quantitative estimate of drug-likeness (QED) is 0.604. The van der Waals surface area contributed by atoms with E-state index < -0.39 is 17.4 Å². The lowest BCUT2D eigenvalue weighted by Crippen LogP contribution is -2.22. The summed E-state index contributed by atoms with van der Waals surface area (Å²) < 4.78 is 4.67. The predicted molar refractivity (Wildman–Crippen MR) is 48.2 cm³/mol. The molecular weight excluding hydrogens is 186 g/mol. The lowest BCUT2D eigenvalue weighted by atomic mass is 9.86. The number of rotatable bonds is 1. The number of aliphatic hydroxyl groups is 1. The van der Waals surface area contributed by atoms with Gasteiger partial charge in [-0.2, -0.15) is 0 Å². The fourth-order valence-electron chi connectivity index (χ4n) is 1.16. The topological polar surface area (TPSA) is 75.6 Å². The molecule has 0 bridgehead atoms. The Labute approximate surface area is 81.7 Å². The van der Waals surface area contributed by atoms with Gasteiger partial charge in [0.1, 0.15) is 0 Å². The molecule has 1 rings (SSSR count). The number of cyclic esters (lactones) is 1. The lowest BCUT2D eigenvalue weighted by Gasteiger charge is -2.21. The predicted octanol–water partition coefficient (Wildman–Crippen LogP) is 0.545. The van der Waals surface area contributed by atoms with Crippen LogP contribution >= 0.6 is 0 Å². The highest BCUT2D eigenvalue weighted by Gasteiger charge is 2.33. The van der Waals surface area contributed by atoms with E-state index in [1.165, 1.54) is 0 Å². The molecule has 78 valence electrons. The first-order valence-electron chi connectivity index (χ1n) is 4.24. The summed E-state index contributed by atoms with van der Waals surface area (Å²) in [6, 6.07) is 0. The molecule has 1 fully saturated rings. The number of nitrogens with one attached hydrogen (secondary N) is 1. The third-order valence-corrected chi connectivity index (χ3v) is 1.95. The van der Waals surface area contributed by atoms with Gasteiger partial charge in [0.05, 0.1) is 6.61 Å². The van der Waals surface area contributed by atoms with Gasteiger partial charge in [-0.05, 0) is 5.41 Å². The van der Waals surface area contributed by atoms with E-state index in [9.17, 15) is 9.59 Å². The average molecular weight is 199 g/mol. The van der Waals surface area contributed by atoms with Crippen molar-refractivity contribution in [2.45, 2.75) is 20.8 Å². The Morgan fingerprint density at radius 2 is 2.00 bits per heavy atom. The Bertz CT molecular complexity index is 311. The van der Waals surface area contributed by atoms with Crippen molar-refractivity contribution >= 4 is 12.0 Å². The molecule has 0 saturated carbocycles. The Hall–Kier alpha value is -1.36. The number of aliphatic hydroxyl groups excluding tert-OH is 1. The molecule has 0 aromatic heterocycles. The average Bonchev–Trinajstić information content (AvgIpc) is 2.29. The van der Waals surface area contributed by atoms with Crippen LogP contribution in [0.3, 0.4) is 0 Å². The first-order chi connectivity index (χ1) is 6.36. The Kier molecular flexibility index (Phi) is 2.62. The van der Waals surface area contributed by atoms with Crippen molar-refractivity contribution in [3.63, 3.8) is 0 Å². The summed E-state index contributed by atoms with van der Waals surface area (Å²) in [5.74, 6) is -0.668. The molecule has 1 saturated heterocycles. The molecule has 1 aliphatic heterocycles. The number of amides is 2. The Balaban J connectivity index is 3.13. The van der Waals surface area contributed by atoms with E-state index in [2.05, 4.69) is 4.74 Å². The van der Waals surface area contributed by atoms with Crippen LogP contribution in [0.4, 0.5) is 4.79 Å². The number of hydrogen-bond donors (Lipinski definition) is 2. The maximum Gasteiger partial charge on any atom is 0.419 e. The van der Waals surface area contributed by atoms with Crippen molar-refractivity contribution in [2.24, 2.45) is 5.41 Å². The minimum Gasteiger partial charge on any atom is -0.404 e. The lowest BCUT2D eigenvalue weighted by molar-refractivity contribution is -0.116. The van der Waals surface area contributed by atoms with E-state index in [-0.39, 0.29) is 12.4 Å². The number of carbonyl (C=O) groups excluding carboxylic acids is 2. The number of imide groups is 1. The molecule has 0 unspecified atom stereocenters. The highest BCUT2D eigenvalue weighted by atomic mass is 16.6. The first-order valence-corrected chi connectivity index (χ1v) is 4.24. The zero-order valence-electron chi connectivity index (χ0n) is 8.38. The van der Waals surface area contributed by atoms with Gasteiger partial charge >= 0.3 is 6.09 Å². The summed E-state index contributed by atoms with van der Waals surface area (Å²) in [5.41, 5.74) is 0.00678. The summed E-state index contributed by atoms with van der Waals surface area (Å²) in [4.78, 5) is 21.9. The summed E-state index contributed by atoms with van der Waals surface area (Å²) in [5, 5.41) is 11.1. The van der Waals surface area contributed by atoms with E-state index >= 15 is 0 Å². The third kappa shape index (κ3) is 1.93. The van der Waals surface area contributed by atoms with Crippen LogP contribution in [-0.4, -0.2) is 23.7 Å². The molecule has 5 heteroatoms. The first kappa shape index (κ1) is 10.7. The molecule has 0 aromatic carbocycles. The van der Waals surface area contributed by atoms with E-state index in [4.69, 9.17) is 5.11 Å². The standard InChI is InChI=1S/C9H13NO4/c1-9(2,3)5(4-11)6-7(12)10-8(13)14-6/h11H,4H2,1-3H3,(H,10,12,13)/b6-5-. The van der Waals surface area contributed by atoms with Crippen LogP contribution in [0, 0.1) is 5.41 Å². The van der Waals surface area contributed by atoms with Crippen molar-refractivity contribution in [3.05, 3.63) is 11.3 Å². The van der Waals surface area contributed by atoms with Gasteiger partial charge < -0.3 is 9.84 Å². The molecule has 0 aliphatic carbocycles. The molecule has 0 spiro atoms. The Morgan fingerprint density at radius 3 is 2.29 bits per heavy atom. The molecule has 2 N–H and O–H groups in total. The monoisotopic (exact) mass is 199 g/mol. The number of hydrogen-bond acceptors (Lipinski definition) is 4. The summed E-state index contributed by atoms with van der Waals surface area (Å²) in [6.45, 7) is 5.17. The van der Waals surface area contributed by atoms with Gasteiger partial charge in [0.2, 0.25) is 0 Å². The highest BCUT2D eigenvalue weighted by Crippen LogP contribution is 2.29. The van der Waals surface area contributed by atoms with Crippen LogP contribution in [-0.2, 0) is 9.53 Å². The molecule has 14 heavy (non-hydrogen) atoms. The van der Waals surface area contributed by atoms with Gasteiger partial charge in [-0.25, -0.2) is 4.79 Å². The molecule has 0 aromatic rings. The minimum atomic E-state index is -0.791. The summed E-state index contributed by atoms with van der Waals surface area (Å²) in [7, 11) is 0. The zero-order chi connectivity index (χ0) is 10.9. The molecule has 0 radical (unpaired) electrons. The summed E-state index contributed by atoms with van der Waals surface area (Å²) in [6.07, 6.45) is -0.791. The van der Waals surface area contributed by atoms with Gasteiger partial charge in [-0.3, -0.25) is 10.1 Å². The van der Waals surface area contributed by atoms with Crippen LogP contribution < -0.4 is 5.32 Å². The molecule has 0 atom stereocenters. The maximum absolute atomic E-state index is 11.2. The van der Waals surface area contributed by atoms with Crippen LogP contribution in [0.1, 0.15) is 20.8 Å². The van der Waals surface area contributed by atoms with E-state index in [1.807, 2.05) is 26.1 Å². The second-order valence-corrected chi connectivity index (χ2v) is 4.06. The molecule has 1 heterocycles. The largest absolute Gasteiger partial charge is 0.419 e. The van der Waals surface area contributed by atoms with Gasteiger partial charge in [0.25, 0.3) is 5.91 Å². The fraction of sp³-hybridized carbons (Fsp3) is 0.556. The SMILES string of the molecule is CC(C)(C)/C(CO)=C1\OC(=O)NC1=O. The van der Waals surface area contributed by atoms with Crippen LogP contribution in [0.2, 0.25) is 0 Å². The maximum atomic E-state index is 11.2. The highest BCUT2D eigenvalue weighted by molar-refractivity contribution is 6.07. The second kappa shape index (κ2) is 3.42. The Morgan fingerprint density at radius 1 is 1.43 bits per heavy atom. The van der Waals surface area contributed by atoms with E-state index in [1.54, 1.807) is 0 Å². The van der Waals surface area contributed by atoms with Crippen molar-refractivity contribution < 1.29 is 19.4 Å². The number of alkyl carbamates (subject to hydrolysis) is 1. The van der Waals surface area contributed by atoms with Crippen molar-refractivity contribution in [1.29, 1.82) is 0 Å². The summed E-state index contributed by atoms with van der Waals surface area (Å²) >= 11 is 0. The minimum absolute atomic E-state index is 0.0787. The normalized spacial score (nSPS) is 20.6. The van der Waals surface area contributed by atoms with Gasteiger partial charge in [-0.1, -0.05) is 20.8 Å². The molecule has 2 amide bonds. The van der Waals surface area contributed by atoms with Gasteiger partial charge in [0, 0.05) is 5.57 Å². The number of carbonyl (C=O) groups is 2. The van der Waals surface area contributed by atoms with Crippen molar-refractivity contribution in [2.75, 3.05) is 6.61 Å². The second-order valence-electron chi connectivity index (χ2n) is 4.06. The third-order valence-electron chi connectivity index (χ3n) is 1.95. The molecular formula is C9H13NO4. The van der Waals surface area contributed by atoms with Gasteiger partial charge in [0.15, 0.2) is 5.76 Å². The smallest absolute Gasteiger partial charge is 0.404 e. The van der Waals surface area contributed by atoms with Crippen LogP contribution in [0.5, 0.6) is 0 Å². The zero-order valence-corrected chi connectivity index (χ0v) is 8.38. The van der Waals surface area contributed by atoms with Crippen LogP contribution in [0.25, 0.3) is 0 Å². The van der Waals surface area contributed by atoms with E-state index in [0.29, 0.717) is 5.57 Å². The van der Waals surface area contributed by atoms with Crippen molar-refractivity contribution in [3.8, 4) is 0 Å². The van der Waals surface area contributed by atoms with Crippen LogP contribution in [0.15, 0.2) is 11.3 Å². The molecule has 1 aliphatic rings. The van der Waals surface area contributed by atoms with Gasteiger partial charge in [-0.15, -0.1) is 0 Å².